The molecule has 3 nitrogen and oxygen atoms in total. The smallest absolute Gasteiger partial charge is 0.137 e. The molecule has 4 heteroatoms. The summed E-state index contributed by atoms with van der Waals surface area (Å²) in [6.45, 7) is 2.49. The highest BCUT2D eigenvalue weighted by Crippen LogP contribution is 2.31. The molecular weight excluding hydrogens is 330 g/mol. The van der Waals surface area contributed by atoms with E-state index < -0.39 is 0 Å². The second kappa shape index (κ2) is 7.48. The van der Waals surface area contributed by atoms with Crippen LogP contribution < -0.4 is 10.5 Å². The summed E-state index contributed by atoms with van der Waals surface area (Å²) in [6.07, 6.45) is 1.71. The van der Waals surface area contributed by atoms with E-state index in [9.17, 15) is 5.11 Å². The van der Waals surface area contributed by atoms with Crippen molar-refractivity contribution in [2.75, 3.05) is 0 Å². The van der Waals surface area contributed by atoms with E-state index in [1.165, 1.54) is 0 Å². The molecule has 112 valence electrons. The highest BCUT2D eigenvalue weighted by molar-refractivity contribution is 9.10. The van der Waals surface area contributed by atoms with E-state index in [-0.39, 0.29) is 11.8 Å². The lowest BCUT2D eigenvalue weighted by atomic mass is 10.0. The van der Waals surface area contributed by atoms with Crippen molar-refractivity contribution in [3.8, 4) is 11.5 Å². The van der Waals surface area contributed by atoms with Gasteiger partial charge in [0.25, 0.3) is 0 Å². The predicted molar refractivity (Wildman–Crippen MR) is 88.6 cm³/mol. The SMILES string of the molecule is CCC(N)Cc1cccc(Br)c1OCc1cccc(O)c1. The first-order chi connectivity index (χ1) is 10.1. The summed E-state index contributed by atoms with van der Waals surface area (Å²) in [4.78, 5) is 0. The molecule has 2 aromatic carbocycles. The lowest BCUT2D eigenvalue weighted by Crippen LogP contribution is -2.21. The molecule has 0 fully saturated rings. The Kier molecular flexibility index (Phi) is 5.65. The van der Waals surface area contributed by atoms with Crippen LogP contribution in [-0.2, 0) is 13.0 Å². The van der Waals surface area contributed by atoms with Crippen molar-refractivity contribution in [1.29, 1.82) is 0 Å². The number of ether oxygens (including phenoxy) is 1. The zero-order valence-electron chi connectivity index (χ0n) is 12.1. The van der Waals surface area contributed by atoms with Gasteiger partial charge in [-0.3, -0.25) is 0 Å². The number of phenolic OH excluding ortho intramolecular Hbond substituents is 1. The number of phenols is 1. The average molecular weight is 350 g/mol. The molecule has 0 heterocycles. The number of para-hydroxylation sites is 1. The van der Waals surface area contributed by atoms with Crippen LogP contribution >= 0.6 is 15.9 Å². The van der Waals surface area contributed by atoms with Crippen molar-refractivity contribution in [2.45, 2.75) is 32.4 Å². The van der Waals surface area contributed by atoms with Crippen molar-refractivity contribution >= 4 is 15.9 Å². The number of aromatic hydroxyl groups is 1. The van der Waals surface area contributed by atoms with Crippen LogP contribution in [0.15, 0.2) is 46.9 Å². The summed E-state index contributed by atoms with van der Waals surface area (Å²) in [5.74, 6) is 1.07. The molecule has 1 atom stereocenters. The van der Waals surface area contributed by atoms with E-state index in [1.807, 2.05) is 30.3 Å². The Morgan fingerprint density at radius 1 is 1.24 bits per heavy atom. The first-order valence-corrected chi connectivity index (χ1v) is 7.83. The number of nitrogens with two attached hydrogens (primary N) is 1. The number of hydrogen-bond donors (Lipinski definition) is 2. The molecule has 0 amide bonds. The topological polar surface area (TPSA) is 55.5 Å². The Morgan fingerprint density at radius 3 is 2.71 bits per heavy atom. The van der Waals surface area contributed by atoms with Crippen LogP contribution in [0.3, 0.4) is 0 Å². The van der Waals surface area contributed by atoms with Gasteiger partial charge in [0.05, 0.1) is 4.47 Å². The van der Waals surface area contributed by atoms with Crippen LogP contribution in [0.5, 0.6) is 11.5 Å². The summed E-state index contributed by atoms with van der Waals surface area (Å²) in [6, 6.07) is 13.2. The number of halogens is 1. The Bertz CT molecular complexity index is 601. The molecule has 0 bridgehead atoms. The van der Waals surface area contributed by atoms with Gasteiger partial charge in [-0.2, -0.15) is 0 Å². The minimum atomic E-state index is 0.127. The van der Waals surface area contributed by atoms with Gasteiger partial charge in [-0.05, 0) is 58.1 Å². The Morgan fingerprint density at radius 2 is 2.00 bits per heavy atom. The summed E-state index contributed by atoms with van der Waals surface area (Å²) in [7, 11) is 0. The second-order valence-corrected chi connectivity index (χ2v) is 5.91. The summed E-state index contributed by atoms with van der Waals surface area (Å²) >= 11 is 3.53. The molecule has 0 aliphatic rings. The molecule has 0 aliphatic heterocycles. The zero-order chi connectivity index (χ0) is 15.2. The minimum absolute atomic E-state index is 0.127. The molecule has 2 rings (SSSR count). The van der Waals surface area contributed by atoms with Crippen LogP contribution in [0.2, 0.25) is 0 Å². The third-order valence-electron chi connectivity index (χ3n) is 3.35. The van der Waals surface area contributed by atoms with E-state index in [2.05, 4.69) is 22.9 Å². The fourth-order valence-electron chi connectivity index (χ4n) is 2.10. The van der Waals surface area contributed by atoms with Gasteiger partial charge < -0.3 is 15.6 Å². The molecule has 0 saturated heterocycles. The summed E-state index contributed by atoms with van der Waals surface area (Å²) in [5, 5.41) is 9.49. The second-order valence-electron chi connectivity index (χ2n) is 5.06. The lowest BCUT2D eigenvalue weighted by Gasteiger charge is -2.16. The zero-order valence-corrected chi connectivity index (χ0v) is 13.6. The van der Waals surface area contributed by atoms with Gasteiger partial charge in [-0.15, -0.1) is 0 Å². The molecular formula is C17H20BrNO2. The van der Waals surface area contributed by atoms with Crippen LogP contribution in [0.1, 0.15) is 24.5 Å². The third kappa shape index (κ3) is 4.48. The largest absolute Gasteiger partial charge is 0.508 e. The molecule has 0 saturated carbocycles. The predicted octanol–water partition coefficient (Wildman–Crippen LogP) is 4.01. The van der Waals surface area contributed by atoms with E-state index in [1.54, 1.807) is 12.1 Å². The van der Waals surface area contributed by atoms with E-state index in [4.69, 9.17) is 10.5 Å². The van der Waals surface area contributed by atoms with E-state index >= 15 is 0 Å². The maximum absolute atomic E-state index is 9.49. The van der Waals surface area contributed by atoms with Gasteiger partial charge in [0.1, 0.15) is 18.1 Å². The standard InChI is InChI=1S/C17H20BrNO2/c1-2-14(19)10-13-6-4-8-16(18)17(13)21-11-12-5-3-7-15(20)9-12/h3-9,14,20H,2,10-11,19H2,1H3. The Labute approximate surface area is 133 Å². The summed E-state index contributed by atoms with van der Waals surface area (Å²) < 4.78 is 6.86. The highest BCUT2D eigenvalue weighted by Gasteiger charge is 2.11. The van der Waals surface area contributed by atoms with Gasteiger partial charge in [0.2, 0.25) is 0 Å². The van der Waals surface area contributed by atoms with Crippen LogP contribution in [0, 0.1) is 0 Å². The number of benzene rings is 2. The van der Waals surface area contributed by atoms with Crippen molar-refractivity contribution in [3.63, 3.8) is 0 Å². The lowest BCUT2D eigenvalue weighted by molar-refractivity contribution is 0.299. The van der Waals surface area contributed by atoms with Gasteiger partial charge in [-0.25, -0.2) is 0 Å². The van der Waals surface area contributed by atoms with E-state index in [0.717, 1.165) is 34.2 Å². The molecule has 0 radical (unpaired) electrons. The monoisotopic (exact) mass is 349 g/mol. The maximum atomic E-state index is 9.49. The number of rotatable bonds is 6. The van der Waals surface area contributed by atoms with Crippen molar-refractivity contribution in [1.82, 2.24) is 0 Å². The molecule has 0 aromatic heterocycles. The minimum Gasteiger partial charge on any atom is -0.508 e. The Balaban J connectivity index is 2.15. The molecule has 0 aliphatic carbocycles. The average Bonchev–Trinajstić information content (AvgIpc) is 2.46. The van der Waals surface area contributed by atoms with Crippen molar-refractivity contribution in [3.05, 3.63) is 58.1 Å². The van der Waals surface area contributed by atoms with Crippen LogP contribution in [0.4, 0.5) is 0 Å². The van der Waals surface area contributed by atoms with Crippen LogP contribution in [-0.4, -0.2) is 11.1 Å². The molecule has 1 unspecified atom stereocenters. The highest BCUT2D eigenvalue weighted by atomic mass is 79.9. The fourth-order valence-corrected chi connectivity index (χ4v) is 2.63. The third-order valence-corrected chi connectivity index (χ3v) is 3.97. The van der Waals surface area contributed by atoms with Crippen LogP contribution in [0.25, 0.3) is 0 Å². The van der Waals surface area contributed by atoms with Crippen molar-refractivity contribution < 1.29 is 9.84 Å². The molecule has 0 spiro atoms. The number of hydrogen-bond acceptors (Lipinski definition) is 3. The fraction of sp³-hybridized carbons (Fsp3) is 0.294. The van der Waals surface area contributed by atoms with Crippen molar-refractivity contribution in [2.24, 2.45) is 5.73 Å². The maximum Gasteiger partial charge on any atom is 0.137 e. The molecule has 21 heavy (non-hydrogen) atoms. The normalized spacial score (nSPS) is 12.1. The summed E-state index contributed by atoms with van der Waals surface area (Å²) in [5.41, 5.74) is 8.07. The molecule has 3 N–H and O–H groups in total. The molecule has 2 aromatic rings. The van der Waals surface area contributed by atoms with E-state index in [0.29, 0.717) is 6.61 Å². The van der Waals surface area contributed by atoms with Gasteiger partial charge in [0.15, 0.2) is 0 Å². The van der Waals surface area contributed by atoms with Gasteiger partial charge in [0, 0.05) is 6.04 Å². The first-order valence-electron chi connectivity index (χ1n) is 7.03. The Hall–Kier alpha value is -1.52. The van der Waals surface area contributed by atoms with Gasteiger partial charge >= 0.3 is 0 Å². The van der Waals surface area contributed by atoms with Gasteiger partial charge in [-0.1, -0.05) is 31.2 Å². The quantitative estimate of drug-likeness (QED) is 0.828. The first kappa shape index (κ1) is 15.9.